The number of esters is 3. The van der Waals surface area contributed by atoms with Gasteiger partial charge in [0.05, 0.1) is 0 Å². The number of ether oxygens (including phenoxy) is 3. The standard InChI is InChI=1S/C65H94O6/c1-4-7-10-13-16-19-22-25-28-31-34-37-40-43-46-49-52-55-58-64(67)70-61-62(60-69-63(66)57-54-51-48-45-42-39-36-33-30-27-24-21-18-15-12-9-6-3)71-65(68)59-56-53-50-47-44-41-38-35-32-29-26-23-20-17-14-11-8-5-2/h9-39,42,62H,4-8,40-41,43-61H2,1-3H3/b12-9-,13-10-,14-11-,18-15-,19-16-,20-17-,24-21-,25-22-,26-23-,30-27-,31-28-,32-29-,36-33+,37-34-,38-35-,42-39-. The molecule has 0 spiro atoms. The van der Waals surface area contributed by atoms with Crippen LogP contribution in [0.5, 0.6) is 0 Å². The fraction of sp³-hybridized carbons (Fsp3) is 0.462. The van der Waals surface area contributed by atoms with Crippen LogP contribution in [-0.4, -0.2) is 37.2 Å². The Morgan fingerprint density at radius 1 is 0.296 bits per heavy atom. The van der Waals surface area contributed by atoms with Crippen LogP contribution in [0.4, 0.5) is 0 Å². The van der Waals surface area contributed by atoms with Gasteiger partial charge in [-0.3, -0.25) is 14.4 Å². The fourth-order valence-corrected chi connectivity index (χ4v) is 6.41. The third-order valence-electron chi connectivity index (χ3n) is 10.4. The van der Waals surface area contributed by atoms with Crippen molar-refractivity contribution < 1.29 is 28.6 Å². The van der Waals surface area contributed by atoms with Crippen molar-refractivity contribution in [2.24, 2.45) is 0 Å². The minimum atomic E-state index is -0.835. The predicted molar refractivity (Wildman–Crippen MR) is 306 cm³/mol. The molecule has 0 saturated carbocycles. The quantitative estimate of drug-likeness (QED) is 0.0262. The lowest BCUT2D eigenvalue weighted by atomic mass is 10.1. The van der Waals surface area contributed by atoms with Gasteiger partial charge in [0.25, 0.3) is 0 Å². The highest BCUT2D eigenvalue weighted by molar-refractivity contribution is 5.71. The second-order valence-electron chi connectivity index (χ2n) is 17.1. The summed E-state index contributed by atoms with van der Waals surface area (Å²) >= 11 is 0. The second kappa shape index (κ2) is 56.8. The van der Waals surface area contributed by atoms with E-state index in [4.69, 9.17) is 14.2 Å². The van der Waals surface area contributed by atoms with Crippen molar-refractivity contribution in [1.29, 1.82) is 0 Å². The molecule has 0 rings (SSSR count). The van der Waals surface area contributed by atoms with Crippen molar-refractivity contribution in [2.45, 2.75) is 181 Å². The van der Waals surface area contributed by atoms with Gasteiger partial charge in [-0.2, -0.15) is 0 Å². The Kier molecular flexibility index (Phi) is 52.2. The van der Waals surface area contributed by atoms with Crippen molar-refractivity contribution in [3.05, 3.63) is 194 Å². The number of hydrogen-bond donors (Lipinski definition) is 0. The topological polar surface area (TPSA) is 78.9 Å². The smallest absolute Gasteiger partial charge is 0.306 e. The van der Waals surface area contributed by atoms with E-state index in [2.05, 4.69) is 81.5 Å². The van der Waals surface area contributed by atoms with Gasteiger partial charge in [0, 0.05) is 19.3 Å². The maximum atomic E-state index is 12.9. The first kappa shape index (κ1) is 65.2. The Hall–Kier alpha value is -5.75. The Bertz CT molecular complexity index is 1780. The third kappa shape index (κ3) is 55.1. The fourth-order valence-electron chi connectivity index (χ4n) is 6.41. The molecule has 0 heterocycles. The van der Waals surface area contributed by atoms with Crippen molar-refractivity contribution in [2.75, 3.05) is 13.2 Å². The van der Waals surface area contributed by atoms with Gasteiger partial charge >= 0.3 is 17.9 Å². The van der Waals surface area contributed by atoms with Crippen LogP contribution in [0.3, 0.4) is 0 Å². The number of allylic oxidation sites excluding steroid dienone is 32. The van der Waals surface area contributed by atoms with Gasteiger partial charge in [-0.25, -0.2) is 0 Å². The summed E-state index contributed by atoms with van der Waals surface area (Å²) in [5.74, 6) is -1.04. The Morgan fingerprint density at radius 2 is 0.549 bits per heavy atom. The molecule has 390 valence electrons. The van der Waals surface area contributed by atoms with E-state index in [0.717, 1.165) is 116 Å². The Labute approximate surface area is 433 Å². The molecule has 0 saturated heterocycles. The molecule has 1 unspecified atom stereocenters. The first-order chi connectivity index (χ1) is 35.0. The SMILES string of the molecule is CC\C=C/C=C\C=C/C=C\C=C\C=C/CCCCCC(=O)OCC(COC(=O)CCCCCCC\C=C/C=C\C=C/C=C\C=C/CCC)OC(=O)CCCCCCC\C=C/C=C\C=C/C=C\C=C/CCC. The molecule has 0 aliphatic rings. The maximum absolute atomic E-state index is 12.9. The summed E-state index contributed by atoms with van der Waals surface area (Å²) in [5.41, 5.74) is 0. The van der Waals surface area contributed by atoms with Gasteiger partial charge in [-0.15, -0.1) is 0 Å². The summed E-state index contributed by atoms with van der Waals surface area (Å²) < 4.78 is 16.8. The van der Waals surface area contributed by atoms with Crippen molar-refractivity contribution in [3.63, 3.8) is 0 Å². The van der Waals surface area contributed by atoms with Gasteiger partial charge in [0.15, 0.2) is 6.10 Å². The summed E-state index contributed by atoms with van der Waals surface area (Å²) in [6, 6.07) is 0. The number of carbonyl (C=O) groups excluding carboxylic acids is 3. The molecular formula is C65H94O6. The van der Waals surface area contributed by atoms with Gasteiger partial charge in [0.1, 0.15) is 13.2 Å². The van der Waals surface area contributed by atoms with Crippen molar-refractivity contribution in [3.8, 4) is 0 Å². The van der Waals surface area contributed by atoms with Crippen molar-refractivity contribution in [1.82, 2.24) is 0 Å². The van der Waals surface area contributed by atoms with Crippen molar-refractivity contribution >= 4 is 17.9 Å². The summed E-state index contributed by atoms with van der Waals surface area (Å²) in [7, 11) is 0. The minimum Gasteiger partial charge on any atom is -0.462 e. The second-order valence-corrected chi connectivity index (χ2v) is 17.1. The lowest BCUT2D eigenvalue weighted by Gasteiger charge is -2.18. The number of unbranched alkanes of at least 4 members (excludes halogenated alkanes) is 15. The van der Waals surface area contributed by atoms with Gasteiger partial charge in [-0.1, -0.05) is 273 Å². The monoisotopic (exact) mass is 971 g/mol. The van der Waals surface area contributed by atoms with E-state index in [0.29, 0.717) is 12.8 Å². The third-order valence-corrected chi connectivity index (χ3v) is 10.4. The molecule has 0 radical (unpaired) electrons. The molecule has 71 heavy (non-hydrogen) atoms. The molecule has 0 aliphatic heterocycles. The van der Waals surface area contributed by atoms with Crippen LogP contribution in [0.15, 0.2) is 194 Å². The Balaban J connectivity index is 4.66. The van der Waals surface area contributed by atoms with E-state index in [1.54, 1.807) is 0 Å². The molecule has 6 nitrogen and oxygen atoms in total. The molecule has 6 heteroatoms. The number of carbonyl (C=O) groups is 3. The van der Waals surface area contributed by atoms with E-state index >= 15 is 0 Å². The predicted octanol–water partition coefficient (Wildman–Crippen LogP) is 18.3. The largest absolute Gasteiger partial charge is 0.462 e. The highest BCUT2D eigenvalue weighted by atomic mass is 16.6. The molecule has 0 bridgehead atoms. The highest BCUT2D eigenvalue weighted by Crippen LogP contribution is 2.12. The summed E-state index contributed by atoms with van der Waals surface area (Å²) in [6.45, 7) is 6.20. The van der Waals surface area contributed by atoms with Crippen LogP contribution in [0.1, 0.15) is 175 Å². The average Bonchev–Trinajstić information content (AvgIpc) is 3.37. The van der Waals surface area contributed by atoms with Gasteiger partial charge in [0.2, 0.25) is 0 Å². The summed E-state index contributed by atoms with van der Waals surface area (Å²) in [4.78, 5) is 38.1. The number of rotatable bonds is 45. The number of hydrogen-bond acceptors (Lipinski definition) is 6. The lowest BCUT2D eigenvalue weighted by Crippen LogP contribution is -2.30. The van der Waals surface area contributed by atoms with Crippen LogP contribution >= 0.6 is 0 Å². The van der Waals surface area contributed by atoms with E-state index < -0.39 is 6.10 Å². The van der Waals surface area contributed by atoms with Gasteiger partial charge in [-0.05, 0) is 77.0 Å². The molecule has 0 amide bonds. The van der Waals surface area contributed by atoms with Crippen LogP contribution in [0.25, 0.3) is 0 Å². The molecule has 0 aromatic heterocycles. The molecule has 0 aromatic carbocycles. The zero-order chi connectivity index (χ0) is 51.4. The summed E-state index contributed by atoms with van der Waals surface area (Å²) in [5, 5.41) is 0. The van der Waals surface area contributed by atoms with E-state index in [9.17, 15) is 14.4 Å². The van der Waals surface area contributed by atoms with Crippen LogP contribution < -0.4 is 0 Å². The van der Waals surface area contributed by atoms with E-state index in [-0.39, 0.29) is 44.0 Å². The first-order valence-corrected chi connectivity index (χ1v) is 27.2. The molecule has 0 aliphatic carbocycles. The lowest BCUT2D eigenvalue weighted by molar-refractivity contribution is -0.167. The highest BCUT2D eigenvalue weighted by Gasteiger charge is 2.19. The molecule has 0 aromatic rings. The normalized spacial score (nSPS) is 13.7. The zero-order valence-corrected chi connectivity index (χ0v) is 44.4. The first-order valence-electron chi connectivity index (χ1n) is 27.2. The van der Waals surface area contributed by atoms with Crippen LogP contribution in [-0.2, 0) is 28.6 Å². The molecule has 0 N–H and O–H groups in total. The van der Waals surface area contributed by atoms with Crippen LogP contribution in [0.2, 0.25) is 0 Å². The molecule has 0 fully saturated rings. The Morgan fingerprint density at radius 3 is 0.873 bits per heavy atom. The minimum absolute atomic E-state index is 0.129. The van der Waals surface area contributed by atoms with Crippen LogP contribution in [0, 0.1) is 0 Å². The molecule has 1 atom stereocenters. The average molecular weight is 971 g/mol. The molecular weight excluding hydrogens is 877 g/mol. The zero-order valence-electron chi connectivity index (χ0n) is 44.4. The maximum Gasteiger partial charge on any atom is 0.306 e. The van der Waals surface area contributed by atoms with E-state index in [1.165, 1.54) is 12.8 Å². The summed E-state index contributed by atoms with van der Waals surface area (Å²) in [6.07, 6.45) is 86.8. The van der Waals surface area contributed by atoms with Gasteiger partial charge < -0.3 is 14.2 Å². The van der Waals surface area contributed by atoms with E-state index in [1.807, 2.05) is 134 Å².